The highest BCUT2D eigenvalue weighted by atomic mass is 16.5. The van der Waals surface area contributed by atoms with Crippen molar-refractivity contribution >= 4 is 28.0 Å². The van der Waals surface area contributed by atoms with Crippen LogP contribution in [0.5, 0.6) is 5.88 Å². The van der Waals surface area contributed by atoms with Crippen LogP contribution in [0.25, 0.3) is 33.6 Å². The van der Waals surface area contributed by atoms with Gasteiger partial charge in [-0.3, -0.25) is 4.79 Å². The molecular formula is C32H42N6O3. The number of methoxy groups -OCH3 is 1. The molecule has 3 aromatic heterocycles. The predicted molar refractivity (Wildman–Crippen MR) is 161 cm³/mol. The summed E-state index contributed by atoms with van der Waals surface area (Å²) < 4.78 is 15.7. The fourth-order valence-corrected chi connectivity index (χ4v) is 5.86. The van der Waals surface area contributed by atoms with Crippen LogP contribution in [0.4, 0.5) is 0 Å². The number of imidazole rings is 1. The molecule has 2 saturated heterocycles. The molecule has 9 heteroatoms. The summed E-state index contributed by atoms with van der Waals surface area (Å²) in [6.07, 6.45) is 6.20. The number of nitrogens with one attached hydrogen (secondary N) is 1. The zero-order valence-corrected chi connectivity index (χ0v) is 24.7. The van der Waals surface area contributed by atoms with Crippen LogP contribution in [0.3, 0.4) is 0 Å². The molecule has 7 rings (SSSR count). The van der Waals surface area contributed by atoms with Crippen molar-refractivity contribution in [2.75, 3.05) is 33.4 Å². The van der Waals surface area contributed by atoms with Crippen molar-refractivity contribution in [3.05, 3.63) is 42.0 Å². The number of nitrogens with zero attached hydrogens (tertiary/aromatic N) is 5. The molecule has 3 fully saturated rings. The number of fused-ring (bicyclic) bond motifs is 3. The number of hydrogen-bond acceptors (Lipinski definition) is 6. The number of benzene rings is 1. The third-order valence-electron chi connectivity index (χ3n) is 8.60. The smallest absolute Gasteiger partial charge is 0.253 e. The van der Waals surface area contributed by atoms with Gasteiger partial charge in [0, 0.05) is 50.2 Å². The van der Waals surface area contributed by atoms with Gasteiger partial charge in [-0.2, -0.15) is 4.98 Å². The van der Waals surface area contributed by atoms with Crippen LogP contribution in [-0.2, 0) is 18.3 Å². The molecule has 1 saturated carbocycles. The van der Waals surface area contributed by atoms with E-state index in [1.165, 1.54) is 25.7 Å². The monoisotopic (exact) mass is 558 g/mol. The molecule has 5 heterocycles. The number of carbonyl (C=O) groups is 1. The van der Waals surface area contributed by atoms with Crippen molar-refractivity contribution in [3.8, 4) is 17.4 Å². The van der Waals surface area contributed by atoms with Crippen LogP contribution < -0.4 is 10.1 Å². The standard InChI is InChI=1S/C28H32N6O3.C4H10/c1-32-22-7-5-19(28(35)33-11-9-24-21(16-33)29-10-12-37-24)13-20(22)30-27(32)23-14-18-6-8-25(36-2)31-26(18)34(23)15-17-3-4-17;1-3-4-2/h5-8,13-14,17,21,24,29H,3-4,9-12,15-16H2,1-2H3;3-4H2,1-2H3/t21-,24+;/m0./s1. The van der Waals surface area contributed by atoms with Crippen molar-refractivity contribution in [2.45, 2.75) is 64.6 Å². The fourth-order valence-electron chi connectivity index (χ4n) is 5.86. The van der Waals surface area contributed by atoms with Gasteiger partial charge in [-0.25, -0.2) is 4.98 Å². The number of rotatable bonds is 6. The maximum absolute atomic E-state index is 13.4. The Labute approximate surface area is 241 Å². The van der Waals surface area contributed by atoms with Crippen molar-refractivity contribution in [2.24, 2.45) is 13.0 Å². The topological polar surface area (TPSA) is 86.4 Å². The summed E-state index contributed by atoms with van der Waals surface area (Å²) in [6, 6.07) is 12.2. The molecule has 3 aliphatic rings. The highest BCUT2D eigenvalue weighted by molar-refractivity contribution is 5.98. The molecule has 1 amide bonds. The third-order valence-corrected chi connectivity index (χ3v) is 8.60. The Morgan fingerprint density at radius 2 is 1.93 bits per heavy atom. The Balaban J connectivity index is 0.000000712. The number of amides is 1. The van der Waals surface area contributed by atoms with Crippen LogP contribution in [0.2, 0.25) is 0 Å². The summed E-state index contributed by atoms with van der Waals surface area (Å²) >= 11 is 0. The number of piperidine rings is 1. The first-order chi connectivity index (χ1) is 20.0. The Hall–Kier alpha value is -3.43. The first-order valence-corrected chi connectivity index (χ1v) is 15.2. The van der Waals surface area contributed by atoms with Crippen molar-refractivity contribution in [3.63, 3.8) is 0 Å². The molecule has 9 nitrogen and oxygen atoms in total. The van der Waals surface area contributed by atoms with E-state index in [4.69, 9.17) is 19.4 Å². The van der Waals surface area contributed by atoms with Gasteiger partial charge in [-0.05, 0) is 55.5 Å². The summed E-state index contributed by atoms with van der Waals surface area (Å²) in [6.45, 7) is 8.25. The Morgan fingerprint density at radius 3 is 2.68 bits per heavy atom. The van der Waals surface area contributed by atoms with Gasteiger partial charge in [-0.15, -0.1) is 0 Å². The van der Waals surface area contributed by atoms with Gasteiger partial charge in [0.1, 0.15) is 5.65 Å². The summed E-state index contributed by atoms with van der Waals surface area (Å²) in [5, 5.41) is 4.58. The normalized spacial score (nSPS) is 20.5. The van der Waals surface area contributed by atoms with Gasteiger partial charge >= 0.3 is 0 Å². The molecule has 41 heavy (non-hydrogen) atoms. The number of aromatic nitrogens is 4. The maximum atomic E-state index is 13.4. The number of likely N-dealkylation sites (tertiary alicyclic amines) is 1. The molecule has 218 valence electrons. The van der Waals surface area contributed by atoms with E-state index < -0.39 is 0 Å². The molecule has 0 spiro atoms. The molecular weight excluding hydrogens is 516 g/mol. The lowest BCUT2D eigenvalue weighted by Crippen LogP contribution is -2.59. The SMILES string of the molecule is CCCC.COc1ccc2cc(-c3nc4cc(C(=O)N5CC[C@H]6OCCN[C@H]6C5)ccc4n3C)n(CC3CC3)c2n1. The minimum atomic E-state index is 0.0547. The molecule has 1 aliphatic carbocycles. The zero-order valence-electron chi connectivity index (χ0n) is 24.7. The predicted octanol–water partition coefficient (Wildman–Crippen LogP) is 5.02. The highest BCUT2D eigenvalue weighted by Crippen LogP contribution is 2.36. The lowest BCUT2D eigenvalue weighted by Gasteiger charge is -2.41. The number of hydrogen-bond donors (Lipinski definition) is 1. The average Bonchev–Trinajstić information content (AvgIpc) is 3.69. The van der Waals surface area contributed by atoms with Crippen molar-refractivity contribution in [1.82, 2.24) is 29.3 Å². The van der Waals surface area contributed by atoms with E-state index in [0.29, 0.717) is 30.5 Å². The van der Waals surface area contributed by atoms with Crippen LogP contribution >= 0.6 is 0 Å². The van der Waals surface area contributed by atoms with Gasteiger partial charge in [-0.1, -0.05) is 26.7 Å². The van der Waals surface area contributed by atoms with Crippen molar-refractivity contribution in [1.29, 1.82) is 0 Å². The Kier molecular flexibility index (Phi) is 7.99. The molecule has 4 aromatic rings. The Bertz CT molecular complexity index is 1540. The second kappa shape index (κ2) is 11.8. The largest absolute Gasteiger partial charge is 0.481 e. The van der Waals surface area contributed by atoms with Gasteiger partial charge in [0.15, 0.2) is 5.82 Å². The third kappa shape index (κ3) is 5.57. The average molecular weight is 559 g/mol. The zero-order chi connectivity index (χ0) is 28.5. The fraction of sp³-hybridized carbons (Fsp3) is 0.531. The van der Waals surface area contributed by atoms with Gasteiger partial charge < -0.3 is 28.8 Å². The summed E-state index contributed by atoms with van der Waals surface area (Å²) in [5.41, 5.74) is 4.47. The number of pyridine rings is 1. The summed E-state index contributed by atoms with van der Waals surface area (Å²) in [7, 11) is 3.69. The lowest BCUT2D eigenvalue weighted by molar-refractivity contribution is -0.0383. The van der Waals surface area contributed by atoms with E-state index in [1.54, 1.807) is 7.11 Å². The lowest BCUT2D eigenvalue weighted by atomic mass is 9.99. The van der Waals surface area contributed by atoms with Crippen LogP contribution in [0, 0.1) is 5.92 Å². The van der Waals surface area contributed by atoms with Crippen LogP contribution in [-0.4, -0.2) is 75.4 Å². The number of ether oxygens (including phenoxy) is 2. The van der Waals surface area contributed by atoms with E-state index in [0.717, 1.165) is 59.7 Å². The second-order valence-electron chi connectivity index (χ2n) is 11.6. The molecule has 0 unspecified atom stereocenters. The molecule has 1 aromatic carbocycles. The van der Waals surface area contributed by atoms with E-state index in [2.05, 4.69) is 40.4 Å². The number of morpholine rings is 1. The van der Waals surface area contributed by atoms with E-state index in [9.17, 15) is 4.79 Å². The molecule has 0 radical (unpaired) electrons. The van der Waals surface area contributed by atoms with Gasteiger partial charge in [0.05, 0.1) is 42.6 Å². The minimum Gasteiger partial charge on any atom is -0.481 e. The maximum Gasteiger partial charge on any atom is 0.253 e. The number of carbonyl (C=O) groups excluding carboxylic acids is 1. The van der Waals surface area contributed by atoms with E-state index in [1.807, 2.05) is 36.2 Å². The molecule has 2 aliphatic heterocycles. The first-order valence-electron chi connectivity index (χ1n) is 15.2. The van der Waals surface area contributed by atoms with E-state index >= 15 is 0 Å². The quantitative estimate of drug-likeness (QED) is 0.358. The number of unbranched alkanes of at least 4 members (excludes halogenated alkanes) is 1. The second-order valence-corrected chi connectivity index (χ2v) is 11.6. The summed E-state index contributed by atoms with van der Waals surface area (Å²) in [5.74, 6) is 2.22. The van der Waals surface area contributed by atoms with E-state index in [-0.39, 0.29) is 18.1 Å². The number of aryl methyl sites for hydroxylation is 1. The first kappa shape index (κ1) is 27.7. The molecule has 2 atom stereocenters. The molecule has 1 N–H and O–H groups in total. The highest BCUT2D eigenvalue weighted by Gasteiger charge is 2.34. The van der Waals surface area contributed by atoms with Crippen molar-refractivity contribution < 1.29 is 14.3 Å². The minimum absolute atomic E-state index is 0.0547. The summed E-state index contributed by atoms with van der Waals surface area (Å²) in [4.78, 5) is 25.2. The molecule has 0 bridgehead atoms. The van der Waals surface area contributed by atoms with Crippen LogP contribution in [0.15, 0.2) is 36.4 Å². The van der Waals surface area contributed by atoms with Gasteiger partial charge in [0.2, 0.25) is 5.88 Å². The van der Waals surface area contributed by atoms with Crippen LogP contribution in [0.1, 0.15) is 56.3 Å². The van der Waals surface area contributed by atoms with Gasteiger partial charge in [0.25, 0.3) is 5.91 Å². The Morgan fingerprint density at radius 1 is 1.10 bits per heavy atom.